The van der Waals surface area contributed by atoms with Gasteiger partial charge in [-0.3, -0.25) is 9.59 Å². The van der Waals surface area contributed by atoms with Crippen LogP contribution in [-0.4, -0.2) is 56.3 Å². The highest BCUT2D eigenvalue weighted by molar-refractivity contribution is 7.92. The van der Waals surface area contributed by atoms with E-state index < -0.39 is 54.7 Å². The molecule has 0 unspecified atom stereocenters. The Labute approximate surface area is 239 Å². The van der Waals surface area contributed by atoms with Crippen LogP contribution in [0, 0.1) is 25.2 Å². The SMILES string of the molecule is CC(=O)O[C@H]1[C@@H](CC(=O)C(C)(C)C)N(S(=O)(=O)c2ccc(C)cc2)[C@@H](C(C)C)C[C@@H]1S(=O)(=O)c1ccc(C)cc1. The molecule has 0 N–H and O–H groups in total. The number of hydrogen-bond donors (Lipinski definition) is 0. The number of hydrogen-bond acceptors (Lipinski definition) is 7. The summed E-state index contributed by atoms with van der Waals surface area (Å²) in [5.74, 6) is -1.32. The number of carbonyl (C=O) groups excluding carboxylic acids is 2. The van der Waals surface area contributed by atoms with E-state index in [1.807, 2.05) is 27.7 Å². The van der Waals surface area contributed by atoms with Gasteiger partial charge in [-0.25, -0.2) is 16.8 Å². The summed E-state index contributed by atoms with van der Waals surface area (Å²) in [6.45, 7) is 13.7. The van der Waals surface area contributed by atoms with Crippen molar-refractivity contribution in [1.82, 2.24) is 4.31 Å². The van der Waals surface area contributed by atoms with E-state index in [9.17, 15) is 26.4 Å². The minimum Gasteiger partial charge on any atom is -0.459 e. The predicted molar refractivity (Wildman–Crippen MR) is 154 cm³/mol. The molecular weight excluding hydrogens is 550 g/mol. The van der Waals surface area contributed by atoms with E-state index in [-0.39, 0.29) is 34.3 Å². The molecule has 220 valence electrons. The van der Waals surface area contributed by atoms with E-state index in [0.29, 0.717) is 0 Å². The van der Waals surface area contributed by atoms with Crippen molar-refractivity contribution in [3.8, 4) is 0 Å². The molecule has 2 aromatic carbocycles. The molecule has 1 heterocycles. The van der Waals surface area contributed by atoms with Crippen molar-refractivity contribution < 1.29 is 31.2 Å². The molecule has 0 amide bonds. The fraction of sp³-hybridized carbons (Fsp3) is 0.533. The Balaban J connectivity index is 2.29. The van der Waals surface area contributed by atoms with Crippen LogP contribution in [0.2, 0.25) is 0 Å². The van der Waals surface area contributed by atoms with E-state index in [0.717, 1.165) is 18.1 Å². The van der Waals surface area contributed by atoms with Crippen molar-refractivity contribution in [2.75, 3.05) is 0 Å². The summed E-state index contributed by atoms with van der Waals surface area (Å²) < 4.78 is 63.7. The van der Waals surface area contributed by atoms with Crippen LogP contribution in [0.4, 0.5) is 0 Å². The van der Waals surface area contributed by atoms with Crippen LogP contribution < -0.4 is 0 Å². The second kappa shape index (κ2) is 11.7. The minimum absolute atomic E-state index is 0.0263. The summed E-state index contributed by atoms with van der Waals surface area (Å²) in [5.41, 5.74) is 0.915. The number of Topliss-reactive ketones (excluding diaryl/α,β-unsaturated/α-hetero) is 1. The van der Waals surface area contributed by atoms with Gasteiger partial charge in [-0.05, 0) is 50.5 Å². The molecule has 1 saturated heterocycles. The lowest BCUT2D eigenvalue weighted by Gasteiger charge is -2.49. The van der Waals surface area contributed by atoms with Crippen LogP contribution in [-0.2, 0) is 34.2 Å². The predicted octanol–water partition coefficient (Wildman–Crippen LogP) is 4.87. The first kappa shape index (κ1) is 32.0. The van der Waals surface area contributed by atoms with E-state index in [1.54, 1.807) is 45.0 Å². The molecule has 0 aliphatic carbocycles. The molecule has 1 aliphatic heterocycles. The van der Waals surface area contributed by atoms with Gasteiger partial charge in [-0.1, -0.05) is 70.0 Å². The van der Waals surface area contributed by atoms with Gasteiger partial charge in [-0.15, -0.1) is 0 Å². The molecule has 0 saturated carbocycles. The number of esters is 1. The Morgan fingerprint density at radius 2 is 1.38 bits per heavy atom. The van der Waals surface area contributed by atoms with Gasteiger partial charge in [-0.2, -0.15) is 4.31 Å². The van der Waals surface area contributed by atoms with Gasteiger partial charge in [0.1, 0.15) is 17.1 Å². The maximum absolute atomic E-state index is 14.3. The molecule has 0 radical (unpaired) electrons. The van der Waals surface area contributed by atoms with Gasteiger partial charge in [0.05, 0.1) is 15.8 Å². The maximum Gasteiger partial charge on any atom is 0.303 e. The summed E-state index contributed by atoms with van der Waals surface area (Å²) in [6.07, 6.45) is -1.81. The lowest BCUT2D eigenvalue weighted by Crippen LogP contribution is -2.65. The number of carbonyl (C=O) groups is 2. The summed E-state index contributed by atoms with van der Waals surface area (Å²) in [4.78, 5) is 25.9. The van der Waals surface area contributed by atoms with Gasteiger partial charge < -0.3 is 4.74 Å². The zero-order chi connectivity index (χ0) is 30.2. The number of aryl methyl sites for hydroxylation is 2. The Hall–Kier alpha value is -2.56. The fourth-order valence-corrected chi connectivity index (χ4v) is 8.99. The standard InChI is InChI=1S/C30H41NO7S2/c1-19(2)25-17-27(39(34,35)23-13-9-20(3)10-14-23)29(38-22(5)32)26(18-28(33)30(6,7)8)31(25)40(36,37)24-15-11-21(4)12-16-24/h9-16,19,25-27,29H,17-18H2,1-8H3/t25-,26-,27+,29+/m1/s1. The van der Waals surface area contributed by atoms with E-state index >= 15 is 0 Å². The molecule has 10 heteroatoms. The van der Waals surface area contributed by atoms with Crippen LogP contribution >= 0.6 is 0 Å². The normalized spacial score (nSPS) is 22.7. The van der Waals surface area contributed by atoms with Crippen molar-refractivity contribution in [3.63, 3.8) is 0 Å². The topological polar surface area (TPSA) is 115 Å². The zero-order valence-corrected chi connectivity index (χ0v) is 26.2. The molecule has 0 bridgehead atoms. The Bertz CT molecular complexity index is 1440. The second-order valence-corrected chi connectivity index (χ2v) is 16.1. The lowest BCUT2D eigenvalue weighted by atomic mass is 9.82. The molecule has 3 rings (SSSR count). The van der Waals surface area contributed by atoms with Crippen LogP contribution in [0.25, 0.3) is 0 Å². The Kier molecular flexibility index (Phi) is 9.38. The maximum atomic E-state index is 14.3. The summed E-state index contributed by atoms with van der Waals surface area (Å²) in [6, 6.07) is 10.7. The molecular formula is C30H41NO7S2. The van der Waals surface area contributed by atoms with Crippen molar-refractivity contribution >= 4 is 31.6 Å². The van der Waals surface area contributed by atoms with Crippen molar-refractivity contribution in [2.24, 2.45) is 11.3 Å². The van der Waals surface area contributed by atoms with Crippen molar-refractivity contribution in [1.29, 1.82) is 0 Å². The monoisotopic (exact) mass is 591 g/mol. The quantitative estimate of drug-likeness (QED) is 0.402. The summed E-state index contributed by atoms with van der Waals surface area (Å²) in [7, 11) is -8.32. The van der Waals surface area contributed by atoms with Gasteiger partial charge in [0.2, 0.25) is 10.0 Å². The average Bonchev–Trinajstić information content (AvgIpc) is 2.83. The lowest BCUT2D eigenvalue weighted by molar-refractivity contribution is -0.153. The average molecular weight is 592 g/mol. The van der Waals surface area contributed by atoms with E-state index in [4.69, 9.17) is 4.74 Å². The minimum atomic E-state index is -4.23. The highest BCUT2D eigenvalue weighted by atomic mass is 32.2. The van der Waals surface area contributed by atoms with E-state index in [2.05, 4.69) is 0 Å². The van der Waals surface area contributed by atoms with Gasteiger partial charge in [0.25, 0.3) is 0 Å². The highest BCUT2D eigenvalue weighted by Gasteiger charge is 2.55. The van der Waals surface area contributed by atoms with Crippen molar-refractivity contribution in [2.45, 2.75) is 101 Å². The van der Waals surface area contributed by atoms with Crippen LogP contribution in [0.1, 0.15) is 65.5 Å². The molecule has 40 heavy (non-hydrogen) atoms. The molecule has 2 aromatic rings. The number of nitrogens with zero attached hydrogens (tertiary/aromatic N) is 1. The van der Waals surface area contributed by atoms with Crippen LogP contribution in [0.3, 0.4) is 0 Å². The third-order valence-corrected chi connectivity index (χ3v) is 11.7. The Morgan fingerprint density at radius 1 is 0.900 bits per heavy atom. The molecule has 8 nitrogen and oxygen atoms in total. The van der Waals surface area contributed by atoms with Crippen LogP contribution in [0.5, 0.6) is 0 Å². The molecule has 1 aliphatic rings. The molecule has 0 spiro atoms. The first-order valence-electron chi connectivity index (χ1n) is 13.5. The van der Waals surface area contributed by atoms with Gasteiger partial charge in [0.15, 0.2) is 9.84 Å². The largest absolute Gasteiger partial charge is 0.459 e. The number of benzene rings is 2. The summed E-state index contributed by atoms with van der Waals surface area (Å²) in [5, 5.41) is -1.26. The molecule has 1 fully saturated rings. The molecule has 0 aromatic heterocycles. The zero-order valence-electron chi connectivity index (χ0n) is 24.5. The van der Waals surface area contributed by atoms with E-state index in [1.165, 1.54) is 28.6 Å². The number of ether oxygens (including phenoxy) is 1. The number of ketones is 1. The van der Waals surface area contributed by atoms with Gasteiger partial charge in [0, 0.05) is 24.8 Å². The van der Waals surface area contributed by atoms with Gasteiger partial charge >= 0.3 is 5.97 Å². The first-order valence-corrected chi connectivity index (χ1v) is 16.5. The highest BCUT2D eigenvalue weighted by Crippen LogP contribution is 2.41. The number of piperidine rings is 1. The smallest absolute Gasteiger partial charge is 0.303 e. The fourth-order valence-electron chi connectivity index (χ4n) is 5.12. The third-order valence-electron chi connectivity index (χ3n) is 7.52. The molecule has 4 atom stereocenters. The number of sulfonamides is 1. The van der Waals surface area contributed by atoms with Crippen molar-refractivity contribution in [3.05, 3.63) is 59.7 Å². The number of rotatable bonds is 8. The summed E-state index contributed by atoms with van der Waals surface area (Å²) >= 11 is 0. The third kappa shape index (κ3) is 6.66. The number of sulfone groups is 1. The second-order valence-electron chi connectivity index (χ2n) is 12.1. The first-order chi connectivity index (χ1) is 18.4. The Morgan fingerprint density at radius 3 is 1.80 bits per heavy atom. The van der Waals surface area contributed by atoms with Crippen LogP contribution in [0.15, 0.2) is 58.3 Å².